The van der Waals surface area contributed by atoms with Gasteiger partial charge in [0, 0.05) is 10.9 Å². The van der Waals surface area contributed by atoms with Gasteiger partial charge in [0.05, 0.1) is 10.6 Å². The third kappa shape index (κ3) is 3.62. The van der Waals surface area contributed by atoms with E-state index in [0.717, 1.165) is 5.56 Å². The summed E-state index contributed by atoms with van der Waals surface area (Å²) in [4.78, 5) is 0.182. The summed E-state index contributed by atoms with van der Waals surface area (Å²) in [6, 6.07) is 12.9. The average Bonchev–Trinajstić information content (AvgIpc) is 2.38. The molecule has 0 atom stereocenters. The summed E-state index contributed by atoms with van der Waals surface area (Å²) in [5.41, 5.74) is 1.29. The van der Waals surface area contributed by atoms with Crippen LogP contribution in [-0.4, -0.2) is 8.42 Å². The van der Waals surface area contributed by atoms with E-state index in [-0.39, 0.29) is 4.90 Å². The highest BCUT2D eigenvalue weighted by Gasteiger charge is 2.13. The molecule has 19 heavy (non-hydrogen) atoms. The number of hydrogen-bond acceptors (Lipinski definition) is 2. The quantitative estimate of drug-likeness (QED) is 0.870. The van der Waals surface area contributed by atoms with Crippen LogP contribution in [0.5, 0.6) is 0 Å². The molecule has 0 fully saturated rings. The second-order valence-electron chi connectivity index (χ2n) is 3.89. The first-order valence-corrected chi connectivity index (χ1v) is 7.84. The molecule has 2 aromatic rings. The molecule has 2 rings (SSSR count). The summed E-state index contributed by atoms with van der Waals surface area (Å²) in [6.45, 7) is 0. The van der Waals surface area contributed by atoms with Crippen molar-refractivity contribution in [3.63, 3.8) is 0 Å². The van der Waals surface area contributed by atoms with Crippen molar-refractivity contribution >= 4 is 38.9 Å². The topological polar surface area (TPSA) is 46.2 Å². The maximum absolute atomic E-state index is 12.1. The van der Waals surface area contributed by atoms with Crippen LogP contribution in [0.4, 0.5) is 5.69 Å². The van der Waals surface area contributed by atoms with Gasteiger partial charge >= 0.3 is 0 Å². The van der Waals surface area contributed by atoms with Gasteiger partial charge in [-0.3, -0.25) is 4.72 Å². The fraction of sp³-hybridized carbons (Fsp3) is 0.0769. The van der Waals surface area contributed by atoms with Gasteiger partial charge < -0.3 is 0 Å². The van der Waals surface area contributed by atoms with Crippen molar-refractivity contribution in [2.45, 2.75) is 10.8 Å². The van der Waals surface area contributed by atoms with E-state index < -0.39 is 10.0 Å². The van der Waals surface area contributed by atoms with Crippen molar-refractivity contribution in [3.8, 4) is 0 Å². The molecule has 1 N–H and O–H groups in total. The number of alkyl halides is 1. The standard InChI is InChI=1S/C13H11Cl2NO2S/c14-9-10-4-6-13(7-5-10)19(17,18)16-12-3-1-2-11(15)8-12/h1-8,16H,9H2. The highest BCUT2D eigenvalue weighted by Crippen LogP contribution is 2.20. The van der Waals surface area contributed by atoms with Crippen LogP contribution in [0.25, 0.3) is 0 Å². The second-order valence-corrected chi connectivity index (χ2v) is 6.28. The van der Waals surface area contributed by atoms with E-state index in [0.29, 0.717) is 16.6 Å². The SMILES string of the molecule is O=S(=O)(Nc1cccc(Cl)c1)c1ccc(CCl)cc1. The van der Waals surface area contributed by atoms with Crippen molar-refractivity contribution in [1.82, 2.24) is 0 Å². The fourth-order valence-electron chi connectivity index (χ4n) is 1.52. The van der Waals surface area contributed by atoms with E-state index in [1.54, 1.807) is 36.4 Å². The van der Waals surface area contributed by atoms with Gasteiger partial charge in [-0.1, -0.05) is 29.8 Å². The van der Waals surface area contributed by atoms with Gasteiger partial charge in [0.15, 0.2) is 0 Å². The van der Waals surface area contributed by atoms with Gasteiger partial charge in [-0.25, -0.2) is 8.42 Å². The molecule has 0 spiro atoms. The number of benzene rings is 2. The van der Waals surface area contributed by atoms with Crippen molar-refractivity contribution in [1.29, 1.82) is 0 Å². The van der Waals surface area contributed by atoms with E-state index >= 15 is 0 Å². The minimum Gasteiger partial charge on any atom is -0.280 e. The van der Waals surface area contributed by atoms with Crippen molar-refractivity contribution in [3.05, 3.63) is 59.1 Å². The lowest BCUT2D eigenvalue weighted by atomic mass is 10.2. The molecule has 0 amide bonds. The minimum absolute atomic E-state index is 0.182. The van der Waals surface area contributed by atoms with Crippen LogP contribution < -0.4 is 4.72 Å². The summed E-state index contributed by atoms with van der Waals surface area (Å²) >= 11 is 11.5. The summed E-state index contributed by atoms with van der Waals surface area (Å²) < 4.78 is 26.7. The molecule has 0 aliphatic rings. The van der Waals surface area contributed by atoms with Crippen LogP contribution in [0, 0.1) is 0 Å². The second kappa shape index (κ2) is 5.82. The molecule has 0 saturated heterocycles. The zero-order valence-electron chi connectivity index (χ0n) is 9.81. The summed E-state index contributed by atoms with van der Waals surface area (Å²) in [5.74, 6) is 0.349. The summed E-state index contributed by atoms with van der Waals surface area (Å²) in [6.07, 6.45) is 0. The number of nitrogens with one attached hydrogen (secondary N) is 1. The molecule has 0 unspecified atom stereocenters. The van der Waals surface area contributed by atoms with E-state index in [9.17, 15) is 8.42 Å². The number of halogens is 2. The van der Waals surface area contributed by atoms with Gasteiger partial charge in [0.1, 0.15) is 0 Å². The zero-order chi connectivity index (χ0) is 13.9. The first kappa shape index (κ1) is 14.2. The maximum atomic E-state index is 12.1. The lowest BCUT2D eigenvalue weighted by Crippen LogP contribution is -2.12. The molecule has 0 heterocycles. The molecule has 0 radical (unpaired) electrons. The molecule has 0 bridgehead atoms. The molecule has 0 saturated carbocycles. The van der Waals surface area contributed by atoms with Crippen LogP contribution >= 0.6 is 23.2 Å². The van der Waals surface area contributed by atoms with Crippen LogP contribution in [0.1, 0.15) is 5.56 Å². The van der Waals surface area contributed by atoms with Crippen LogP contribution in [0.15, 0.2) is 53.4 Å². The van der Waals surface area contributed by atoms with E-state index in [1.165, 1.54) is 12.1 Å². The van der Waals surface area contributed by atoms with Crippen LogP contribution in [-0.2, 0) is 15.9 Å². The van der Waals surface area contributed by atoms with Crippen LogP contribution in [0.3, 0.4) is 0 Å². The molecular formula is C13H11Cl2NO2S. The number of sulfonamides is 1. The monoisotopic (exact) mass is 315 g/mol. The highest BCUT2D eigenvalue weighted by molar-refractivity contribution is 7.92. The fourth-order valence-corrected chi connectivity index (χ4v) is 2.94. The Labute approximate surface area is 122 Å². The van der Waals surface area contributed by atoms with E-state index in [1.807, 2.05) is 0 Å². The molecule has 0 aromatic heterocycles. The maximum Gasteiger partial charge on any atom is 0.261 e. The Hall–Kier alpha value is -1.23. The largest absolute Gasteiger partial charge is 0.280 e. The Morgan fingerprint density at radius 2 is 1.74 bits per heavy atom. The number of rotatable bonds is 4. The lowest BCUT2D eigenvalue weighted by Gasteiger charge is -2.08. The Kier molecular flexibility index (Phi) is 4.34. The molecular weight excluding hydrogens is 305 g/mol. The zero-order valence-corrected chi connectivity index (χ0v) is 12.1. The third-order valence-electron chi connectivity index (χ3n) is 2.46. The smallest absolute Gasteiger partial charge is 0.261 e. The van der Waals surface area contributed by atoms with Gasteiger partial charge in [-0.2, -0.15) is 0 Å². The number of anilines is 1. The first-order valence-electron chi connectivity index (χ1n) is 5.44. The Morgan fingerprint density at radius 3 is 2.32 bits per heavy atom. The predicted molar refractivity (Wildman–Crippen MR) is 78.3 cm³/mol. The minimum atomic E-state index is -3.61. The van der Waals surface area contributed by atoms with Crippen molar-refractivity contribution < 1.29 is 8.42 Å². The Morgan fingerprint density at radius 1 is 1.05 bits per heavy atom. The predicted octanol–water partition coefficient (Wildman–Crippen LogP) is 3.88. The summed E-state index contributed by atoms with van der Waals surface area (Å²) in [5, 5.41) is 0.470. The van der Waals surface area contributed by atoms with Crippen molar-refractivity contribution in [2.24, 2.45) is 0 Å². The summed E-state index contributed by atoms with van der Waals surface area (Å²) in [7, 11) is -3.61. The van der Waals surface area contributed by atoms with Gasteiger partial charge in [-0.05, 0) is 35.9 Å². The molecule has 100 valence electrons. The normalized spacial score (nSPS) is 11.3. The van der Waals surface area contributed by atoms with Crippen LogP contribution in [0.2, 0.25) is 5.02 Å². The number of hydrogen-bond donors (Lipinski definition) is 1. The van der Waals surface area contributed by atoms with Gasteiger partial charge in [0.2, 0.25) is 0 Å². The Balaban J connectivity index is 2.27. The van der Waals surface area contributed by atoms with Gasteiger partial charge in [0.25, 0.3) is 10.0 Å². The average molecular weight is 316 g/mol. The lowest BCUT2D eigenvalue weighted by molar-refractivity contribution is 0.601. The first-order chi connectivity index (χ1) is 9.01. The third-order valence-corrected chi connectivity index (χ3v) is 4.41. The molecule has 0 aliphatic heterocycles. The van der Waals surface area contributed by atoms with Crippen molar-refractivity contribution in [2.75, 3.05) is 4.72 Å². The molecule has 3 nitrogen and oxygen atoms in total. The molecule has 0 aliphatic carbocycles. The molecule has 6 heteroatoms. The Bertz CT molecular complexity index is 669. The molecule has 2 aromatic carbocycles. The highest BCUT2D eigenvalue weighted by atomic mass is 35.5. The van der Waals surface area contributed by atoms with E-state index in [4.69, 9.17) is 23.2 Å². The van der Waals surface area contributed by atoms with E-state index in [2.05, 4.69) is 4.72 Å². The van der Waals surface area contributed by atoms with Gasteiger partial charge in [-0.15, -0.1) is 11.6 Å².